The van der Waals surface area contributed by atoms with Crippen molar-refractivity contribution in [3.8, 4) is 17.2 Å². The first-order valence-corrected chi connectivity index (χ1v) is 10.3. The molecule has 2 amide bonds. The van der Waals surface area contributed by atoms with E-state index in [1.807, 2.05) is 0 Å². The maximum Gasteiger partial charge on any atom is 0.409 e. The average Bonchev–Trinajstić information content (AvgIpc) is 3.00. The summed E-state index contributed by atoms with van der Waals surface area (Å²) in [4.78, 5) is 28.6. The fourth-order valence-electron chi connectivity index (χ4n) is 3.97. The van der Waals surface area contributed by atoms with Crippen LogP contribution in [0.3, 0.4) is 0 Å². The topological polar surface area (TPSA) is 95.6 Å². The first-order chi connectivity index (χ1) is 15.6. The minimum absolute atomic E-state index is 0.0195. The van der Waals surface area contributed by atoms with E-state index in [9.17, 15) is 9.59 Å². The molecule has 0 spiro atoms. The second-order valence-corrected chi connectivity index (χ2v) is 8.45. The number of methoxy groups -OCH3 is 4. The molecule has 2 aromatic carbocycles. The molecular formula is C24H30N2O7. The highest BCUT2D eigenvalue weighted by atomic mass is 16.6. The molecule has 2 aromatic rings. The van der Waals surface area contributed by atoms with Crippen molar-refractivity contribution in [1.82, 2.24) is 5.32 Å². The zero-order valence-corrected chi connectivity index (χ0v) is 20.0. The van der Waals surface area contributed by atoms with Crippen LogP contribution in [0.2, 0.25) is 0 Å². The van der Waals surface area contributed by atoms with Crippen LogP contribution in [0.1, 0.15) is 31.9 Å². The van der Waals surface area contributed by atoms with Gasteiger partial charge in [-0.3, -0.25) is 15.0 Å². The second-order valence-electron chi connectivity index (χ2n) is 8.45. The molecule has 9 heteroatoms. The third-order valence-electron chi connectivity index (χ3n) is 5.20. The molecule has 9 nitrogen and oxygen atoms in total. The summed E-state index contributed by atoms with van der Waals surface area (Å²) >= 11 is 0. The molecule has 1 atom stereocenters. The molecule has 178 valence electrons. The molecule has 1 N–H and O–H groups in total. The van der Waals surface area contributed by atoms with E-state index in [-0.39, 0.29) is 6.73 Å². The summed E-state index contributed by atoms with van der Waals surface area (Å²) in [6.45, 7) is 5.22. The molecule has 0 aromatic heterocycles. The van der Waals surface area contributed by atoms with E-state index >= 15 is 0 Å². The SMILES string of the molecule is COCN1C(=O)C(NC(=O)OC(C)(C)C)(c2c(OC)cc(OC)cc2OC)c2ccccc21. The first kappa shape index (κ1) is 24.2. The highest BCUT2D eigenvalue weighted by molar-refractivity contribution is 6.12. The number of para-hydroxylation sites is 1. The Morgan fingerprint density at radius 2 is 1.61 bits per heavy atom. The van der Waals surface area contributed by atoms with Gasteiger partial charge in [-0.2, -0.15) is 0 Å². The molecular weight excluding hydrogens is 428 g/mol. The van der Waals surface area contributed by atoms with Gasteiger partial charge in [-0.25, -0.2) is 4.79 Å². The van der Waals surface area contributed by atoms with Crippen molar-refractivity contribution >= 4 is 17.7 Å². The summed E-state index contributed by atoms with van der Waals surface area (Å²) in [5.74, 6) is 0.611. The smallest absolute Gasteiger partial charge is 0.409 e. The van der Waals surface area contributed by atoms with Gasteiger partial charge < -0.3 is 23.7 Å². The largest absolute Gasteiger partial charge is 0.496 e. The Kier molecular flexibility index (Phi) is 6.73. The number of nitrogens with zero attached hydrogens (tertiary/aromatic N) is 1. The number of rotatable bonds is 7. The van der Waals surface area contributed by atoms with Crippen molar-refractivity contribution in [3.63, 3.8) is 0 Å². The Morgan fingerprint density at radius 3 is 2.12 bits per heavy atom. The lowest BCUT2D eigenvalue weighted by molar-refractivity contribution is -0.124. The summed E-state index contributed by atoms with van der Waals surface area (Å²) in [5.41, 5.74) is -1.07. The number of benzene rings is 2. The summed E-state index contributed by atoms with van der Waals surface area (Å²) in [6, 6.07) is 10.4. The minimum Gasteiger partial charge on any atom is -0.496 e. The number of alkyl carbamates (subject to hydrolysis) is 1. The molecule has 0 fully saturated rings. The number of amides is 2. The molecule has 1 heterocycles. The summed E-state index contributed by atoms with van der Waals surface area (Å²) < 4.78 is 27.5. The highest BCUT2D eigenvalue weighted by Crippen LogP contribution is 2.51. The van der Waals surface area contributed by atoms with E-state index in [1.165, 1.54) is 33.3 Å². The van der Waals surface area contributed by atoms with E-state index in [1.54, 1.807) is 57.2 Å². The van der Waals surface area contributed by atoms with Crippen molar-refractivity contribution in [3.05, 3.63) is 47.5 Å². The predicted octanol–water partition coefficient (Wildman–Crippen LogP) is 3.43. The average molecular weight is 459 g/mol. The van der Waals surface area contributed by atoms with Crippen LogP contribution in [-0.4, -0.2) is 52.8 Å². The number of ether oxygens (including phenoxy) is 5. The van der Waals surface area contributed by atoms with Crippen molar-refractivity contribution in [2.75, 3.05) is 40.1 Å². The molecule has 33 heavy (non-hydrogen) atoms. The summed E-state index contributed by atoms with van der Waals surface area (Å²) in [7, 11) is 5.94. The van der Waals surface area contributed by atoms with E-state index in [2.05, 4.69) is 5.32 Å². The molecule has 1 aliphatic heterocycles. The van der Waals surface area contributed by atoms with Gasteiger partial charge in [0.25, 0.3) is 5.91 Å². The number of nitrogens with one attached hydrogen (secondary N) is 1. The lowest BCUT2D eigenvalue weighted by Crippen LogP contribution is -2.55. The Balaban J connectivity index is 2.36. The second kappa shape index (κ2) is 9.19. The van der Waals surface area contributed by atoms with E-state index in [0.717, 1.165) is 0 Å². The predicted molar refractivity (Wildman–Crippen MR) is 122 cm³/mol. The van der Waals surface area contributed by atoms with E-state index < -0.39 is 23.1 Å². The van der Waals surface area contributed by atoms with Crippen LogP contribution < -0.4 is 24.4 Å². The third-order valence-corrected chi connectivity index (χ3v) is 5.20. The van der Waals surface area contributed by atoms with Gasteiger partial charge in [-0.15, -0.1) is 0 Å². The number of hydrogen-bond donors (Lipinski definition) is 1. The van der Waals surface area contributed by atoms with Gasteiger partial charge in [0.05, 0.1) is 32.6 Å². The fourth-order valence-corrected chi connectivity index (χ4v) is 3.97. The molecule has 1 unspecified atom stereocenters. The van der Waals surface area contributed by atoms with Crippen molar-refractivity contribution in [1.29, 1.82) is 0 Å². The van der Waals surface area contributed by atoms with Crippen molar-refractivity contribution < 1.29 is 33.3 Å². The molecule has 0 bridgehead atoms. The van der Waals surface area contributed by atoms with Gasteiger partial charge in [0.15, 0.2) is 5.54 Å². The lowest BCUT2D eigenvalue weighted by atomic mass is 9.82. The van der Waals surface area contributed by atoms with Crippen molar-refractivity contribution in [2.24, 2.45) is 0 Å². The number of anilines is 1. The molecule has 3 rings (SSSR count). The minimum atomic E-state index is -1.71. The van der Waals surface area contributed by atoms with Gasteiger partial charge >= 0.3 is 6.09 Å². The number of carbonyl (C=O) groups excluding carboxylic acids is 2. The Labute approximate surface area is 193 Å². The van der Waals surface area contributed by atoms with Crippen LogP contribution >= 0.6 is 0 Å². The van der Waals surface area contributed by atoms with Gasteiger partial charge in [0, 0.05) is 24.8 Å². The van der Waals surface area contributed by atoms with Crippen molar-refractivity contribution in [2.45, 2.75) is 31.9 Å². The Morgan fingerprint density at radius 1 is 1.00 bits per heavy atom. The standard InChI is InChI=1S/C24H30N2O7/c1-23(2,3)33-22(28)25-24(20-18(31-6)12-15(30-5)13-19(20)32-7)16-10-8-9-11-17(16)26(14-29-4)21(24)27/h8-13H,14H2,1-7H3,(H,25,28). The monoisotopic (exact) mass is 458 g/mol. The quantitative estimate of drug-likeness (QED) is 0.679. The van der Waals surface area contributed by atoms with Crippen LogP contribution in [0.25, 0.3) is 0 Å². The number of hydrogen-bond acceptors (Lipinski definition) is 7. The van der Waals surface area contributed by atoms with Crippen LogP contribution in [0, 0.1) is 0 Å². The number of carbonyl (C=O) groups is 2. The molecule has 0 saturated carbocycles. The molecule has 0 radical (unpaired) electrons. The van der Waals surface area contributed by atoms with Crippen LogP contribution in [0.4, 0.5) is 10.5 Å². The Hall–Kier alpha value is -3.46. The maximum absolute atomic E-state index is 14.1. The maximum atomic E-state index is 14.1. The molecule has 1 aliphatic rings. The van der Waals surface area contributed by atoms with Crippen LogP contribution in [-0.2, 0) is 19.8 Å². The lowest BCUT2D eigenvalue weighted by Gasteiger charge is -2.33. The molecule has 0 aliphatic carbocycles. The normalized spacial score (nSPS) is 17.4. The van der Waals surface area contributed by atoms with Gasteiger partial charge in [0.2, 0.25) is 0 Å². The van der Waals surface area contributed by atoms with Gasteiger partial charge in [-0.05, 0) is 26.8 Å². The van der Waals surface area contributed by atoms with Gasteiger partial charge in [-0.1, -0.05) is 18.2 Å². The highest BCUT2D eigenvalue weighted by Gasteiger charge is 2.57. The summed E-state index contributed by atoms with van der Waals surface area (Å²) in [6.07, 6.45) is -0.773. The van der Waals surface area contributed by atoms with E-state index in [0.29, 0.717) is 34.1 Å². The zero-order chi connectivity index (χ0) is 24.4. The first-order valence-electron chi connectivity index (χ1n) is 10.3. The summed E-state index contributed by atoms with van der Waals surface area (Å²) in [5, 5.41) is 2.84. The van der Waals surface area contributed by atoms with Gasteiger partial charge in [0.1, 0.15) is 29.6 Å². The van der Waals surface area contributed by atoms with E-state index in [4.69, 9.17) is 23.7 Å². The Bertz CT molecular complexity index is 1020. The van der Waals surface area contributed by atoms with Crippen LogP contribution in [0.15, 0.2) is 36.4 Å². The van der Waals surface area contributed by atoms with Crippen LogP contribution in [0.5, 0.6) is 17.2 Å². The number of fused-ring (bicyclic) bond motifs is 1. The molecule has 0 saturated heterocycles. The third kappa shape index (κ3) is 4.28. The zero-order valence-electron chi connectivity index (χ0n) is 20.0. The fraction of sp³-hybridized carbons (Fsp3) is 0.417.